The molecular formula is C22H25N5O5. The monoisotopic (exact) mass is 439 g/mol. The van der Waals surface area contributed by atoms with Gasteiger partial charge in [-0.3, -0.25) is 24.6 Å². The van der Waals surface area contributed by atoms with Gasteiger partial charge in [0.15, 0.2) is 0 Å². The van der Waals surface area contributed by atoms with Crippen molar-refractivity contribution in [2.24, 2.45) is 5.92 Å². The molecule has 3 aliphatic heterocycles. The second-order valence-corrected chi connectivity index (χ2v) is 9.15. The third-order valence-corrected chi connectivity index (χ3v) is 7.45. The molecule has 0 saturated carbocycles. The van der Waals surface area contributed by atoms with E-state index in [2.05, 4.69) is 16.0 Å². The number of rotatable bonds is 3. The first kappa shape index (κ1) is 20.5. The average molecular weight is 439 g/mol. The molecule has 32 heavy (non-hydrogen) atoms. The summed E-state index contributed by atoms with van der Waals surface area (Å²) in [6, 6.07) is 6.51. The van der Waals surface area contributed by atoms with Crippen LogP contribution >= 0.6 is 0 Å². The van der Waals surface area contributed by atoms with Crippen molar-refractivity contribution in [1.82, 2.24) is 25.8 Å². The van der Waals surface area contributed by atoms with Crippen LogP contribution < -0.4 is 16.0 Å². The summed E-state index contributed by atoms with van der Waals surface area (Å²) in [4.78, 5) is 65.2. The Morgan fingerprint density at radius 2 is 1.81 bits per heavy atom. The summed E-state index contributed by atoms with van der Waals surface area (Å²) >= 11 is 0. The number of likely N-dealkylation sites (tertiary alicyclic amines) is 1. The van der Waals surface area contributed by atoms with Crippen LogP contribution in [0, 0.1) is 5.92 Å². The molecule has 0 aromatic heterocycles. The molecule has 3 N–H and O–H groups in total. The Morgan fingerprint density at radius 1 is 1.09 bits per heavy atom. The van der Waals surface area contributed by atoms with Crippen LogP contribution in [0.4, 0.5) is 9.59 Å². The van der Waals surface area contributed by atoms with Gasteiger partial charge in [-0.2, -0.15) is 0 Å². The minimum atomic E-state index is -1.08. The molecule has 10 nitrogen and oxygen atoms in total. The Morgan fingerprint density at radius 3 is 2.50 bits per heavy atom. The van der Waals surface area contributed by atoms with E-state index < -0.39 is 23.1 Å². The fourth-order valence-electron chi connectivity index (χ4n) is 5.52. The van der Waals surface area contributed by atoms with Gasteiger partial charge in [-0.25, -0.2) is 9.59 Å². The van der Waals surface area contributed by atoms with Crippen molar-refractivity contribution >= 4 is 29.8 Å². The van der Waals surface area contributed by atoms with Crippen LogP contribution in [0.3, 0.4) is 0 Å². The van der Waals surface area contributed by atoms with Crippen LogP contribution in [0.1, 0.15) is 37.3 Å². The first-order valence-electron chi connectivity index (χ1n) is 10.9. The van der Waals surface area contributed by atoms with Gasteiger partial charge in [0.2, 0.25) is 5.91 Å². The SMILES string of the molecule is CC1(C2CCN(C(=O)CN3C(=O)NC4(CCc5ccccc54)C3=O)CC2)NC(=O)NC1=O. The average Bonchev–Trinajstić information content (AvgIpc) is 3.36. The zero-order valence-electron chi connectivity index (χ0n) is 17.8. The normalized spacial score (nSPS) is 29.9. The lowest BCUT2D eigenvalue weighted by Gasteiger charge is -2.38. The lowest BCUT2D eigenvalue weighted by Crippen LogP contribution is -2.55. The molecule has 10 heteroatoms. The summed E-state index contributed by atoms with van der Waals surface area (Å²) in [5, 5.41) is 7.79. The van der Waals surface area contributed by atoms with E-state index in [4.69, 9.17) is 0 Å². The number of nitrogens with zero attached hydrogens (tertiary/aromatic N) is 2. The van der Waals surface area contributed by atoms with Crippen LogP contribution in [0.5, 0.6) is 0 Å². The van der Waals surface area contributed by atoms with Gasteiger partial charge in [0, 0.05) is 13.1 Å². The van der Waals surface area contributed by atoms with E-state index in [1.807, 2.05) is 24.3 Å². The van der Waals surface area contributed by atoms with E-state index in [1.165, 1.54) is 0 Å². The molecule has 1 aliphatic carbocycles. The van der Waals surface area contributed by atoms with E-state index in [0.29, 0.717) is 38.8 Å². The standard InChI is InChI=1S/C22H25N5O5/c1-21(17(29)23-19(31)24-21)14-7-10-26(11-8-14)16(28)12-27-18(30)22(25-20(27)32)9-6-13-4-2-3-5-15(13)22/h2-5,14H,6-12H2,1H3,(H,25,32)(H2,23,24,29,31). The molecule has 168 valence electrons. The zero-order chi connectivity index (χ0) is 22.7. The molecule has 2 atom stereocenters. The Balaban J connectivity index is 1.24. The Kier molecular flexibility index (Phi) is 4.51. The number of hydrogen-bond donors (Lipinski definition) is 3. The van der Waals surface area contributed by atoms with Crippen LogP contribution in [0.2, 0.25) is 0 Å². The van der Waals surface area contributed by atoms with E-state index in [0.717, 1.165) is 16.0 Å². The molecule has 3 heterocycles. The van der Waals surface area contributed by atoms with Crippen LogP contribution in [0.15, 0.2) is 24.3 Å². The minimum Gasteiger partial charge on any atom is -0.341 e. The van der Waals surface area contributed by atoms with Crippen molar-refractivity contribution in [1.29, 1.82) is 0 Å². The molecule has 3 saturated heterocycles. The highest BCUT2D eigenvalue weighted by molar-refractivity contribution is 6.10. The third kappa shape index (κ3) is 2.89. The number of fused-ring (bicyclic) bond motifs is 2. The second-order valence-electron chi connectivity index (χ2n) is 9.15. The van der Waals surface area contributed by atoms with Crippen LogP contribution in [-0.4, -0.2) is 64.8 Å². The Labute approximate surface area is 184 Å². The zero-order valence-corrected chi connectivity index (χ0v) is 17.8. The minimum absolute atomic E-state index is 0.104. The number of piperidine rings is 1. The van der Waals surface area contributed by atoms with Gasteiger partial charge in [-0.1, -0.05) is 24.3 Å². The van der Waals surface area contributed by atoms with Gasteiger partial charge >= 0.3 is 12.1 Å². The lowest BCUT2D eigenvalue weighted by molar-refractivity contribution is -0.140. The smallest absolute Gasteiger partial charge is 0.325 e. The molecule has 0 radical (unpaired) electrons. The van der Waals surface area contributed by atoms with Gasteiger partial charge in [0.1, 0.15) is 17.6 Å². The fourth-order valence-corrected chi connectivity index (χ4v) is 5.52. The summed E-state index contributed by atoms with van der Waals surface area (Å²) in [5.41, 5.74) is -0.227. The molecule has 4 aliphatic rings. The highest BCUT2D eigenvalue weighted by Crippen LogP contribution is 2.41. The molecule has 3 fully saturated rings. The summed E-state index contributed by atoms with van der Waals surface area (Å²) in [7, 11) is 0. The number of carbonyl (C=O) groups is 5. The topological polar surface area (TPSA) is 128 Å². The number of hydrogen-bond acceptors (Lipinski definition) is 5. The van der Waals surface area contributed by atoms with Crippen LogP contribution in [-0.2, 0) is 26.3 Å². The van der Waals surface area contributed by atoms with Gasteiger partial charge in [-0.15, -0.1) is 0 Å². The molecule has 2 unspecified atom stereocenters. The van der Waals surface area contributed by atoms with E-state index >= 15 is 0 Å². The number of aryl methyl sites for hydroxylation is 1. The molecular weight excluding hydrogens is 414 g/mol. The second kappa shape index (κ2) is 7.04. The maximum Gasteiger partial charge on any atom is 0.325 e. The van der Waals surface area contributed by atoms with E-state index in [-0.39, 0.29) is 30.2 Å². The number of benzene rings is 1. The number of urea groups is 2. The van der Waals surface area contributed by atoms with Crippen molar-refractivity contribution in [2.45, 2.75) is 43.7 Å². The first-order valence-corrected chi connectivity index (χ1v) is 10.9. The summed E-state index contributed by atoms with van der Waals surface area (Å²) in [6.45, 7) is 2.16. The largest absolute Gasteiger partial charge is 0.341 e. The molecule has 5 rings (SSSR count). The van der Waals surface area contributed by atoms with Gasteiger partial charge in [-0.05, 0) is 49.7 Å². The molecule has 7 amide bonds. The van der Waals surface area contributed by atoms with E-state index in [1.54, 1.807) is 11.8 Å². The molecule has 1 aromatic rings. The lowest BCUT2D eigenvalue weighted by atomic mass is 9.79. The van der Waals surface area contributed by atoms with Crippen molar-refractivity contribution in [3.8, 4) is 0 Å². The number of amides is 7. The molecule has 1 aromatic carbocycles. The molecule has 0 bridgehead atoms. The fraction of sp³-hybridized carbons (Fsp3) is 0.500. The maximum absolute atomic E-state index is 13.2. The van der Waals surface area contributed by atoms with Crippen molar-refractivity contribution in [3.63, 3.8) is 0 Å². The van der Waals surface area contributed by atoms with Crippen LogP contribution in [0.25, 0.3) is 0 Å². The Bertz CT molecular complexity index is 1050. The molecule has 1 spiro atoms. The predicted molar refractivity (Wildman–Crippen MR) is 111 cm³/mol. The quantitative estimate of drug-likeness (QED) is 0.581. The highest BCUT2D eigenvalue weighted by atomic mass is 16.2. The summed E-state index contributed by atoms with van der Waals surface area (Å²) < 4.78 is 0. The first-order chi connectivity index (χ1) is 15.2. The van der Waals surface area contributed by atoms with Gasteiger partial charge < -0.3 is 15.5 Å². The summed E-state index contributed by atoms with van der Waals surface area (Å²) in [5.74, 6) is -1.14. The highest BCUT2D eigenvalue weighted by Gasteiger charge is 2.56. The van der Waals surface area contributed by atoms with E-state index in [9.17, 15) is 24.0 Å². The third-order valence-electron chi connectivity index (χ3n) is 7.45. The van der Waals surface area contributed by atoms with Gasteiger partial charge in [0.05, 0.1) is 0 Å². The van der Waals surface area contributed by atoms with Crippen molar-refractivity contribution in [3.05, 3.63) is 35.4 Å². The number of carbonyl (C=O) groups excluding carboxylic acids is 5. The Hall–Kier alpha value is -3.43. The summed E-state index contributed by atoms with van der Waals surface area (Å²) in [6.07, 6.45) is 2.25. The van der Waals surface area contributed by atoms with Gasteiger partial charge in [0.25, 0.3) is 11.8 Å². The number of imide groups is 2. The predicted octanol–water partition coefficient (Wildman–Crippen LogP) is 0.217. The van der Waals surface area contributed by atoms with Crippen molar-refractivity contribution in [2.75, 3.05) is 19.6 Å². The number of nitrogens with one attached hydrogen (secondary N) is 3. The van der Waals surface area contributed by atoms with Crippen molar-refractivity contribution < 1.29 is 24.0 Å². The maximum atomic E-state index is 13.2.